The lowest BCUT2D eigenvalue weighted by molar-refractivity contribution is -0.0500. The first-order chi connectivity index (χ1) is 16.3. The Bertz CT molecular complexity index is 1370. The molecule has 0 aliphatic heterocycles. The summed E-state index contributed by atoms with van der Waals surface area (Å²) in [6, 6.07) is 8.49. The highest BCUT2D eigenvalue weighted by Gasteiger charge is 2.23. The fraction of sp³-hybridized carbons (Fsp3) is 0.261. The number of halogens is 4. The summed E-state index contributed by atoms with van der Waals surface area (Å²) in [5, 5.41) is 12.5. The van der Waals surface area contributed by atoms with Crippen LogP contribution < -0.4 is 10.1 Å². The van der Waals surface area contributed by atoms with E-state index in [1.54, 1.807) is 6.92 Å². The van der Waals surface area contributed by atoms with E-state index in [9.17, 15) is 31.5 Å². The number of benzene rings is 2. The molecule has 0 aliphatic carbocycles. The van der Waals surface area contributed by atoms with Crippen LogP contribution in [0.1, 0.15) is 28.7 Å². The number of hydrogen-bond donors (Lipinski definition) is 2. The highest BCUT2D eigenvalue weighted by Crippen LogP contribution is 2.32. The molecule has 1 atom stereocenters. The molecule has 0 radical (unpaired) electrons. The van der Waals surface area contributed by atoms with Crippen molar-refractivity contribution < 1.29 is 36.2 Å². The summed E-state index contributed by atoms with van der Waals surface area (Å²) in [7, 11) is -3.56. The molecule has 0 aliphatic rings. The third kappa shape index (κ3) is 6.16. The first-order valence-electron chi connectivity index (χ1n) is 10.2. The molecule has 0 saturated carbocycles. The van der Waals surface area contributed by atoms with Gasteiger partial charge in [0.25, 0.3) is 5.91 Å². The molecule has 188 valence electrons. The van der Waals surface area contributed by atoms with Gasteiger partial charge >= 0.3 is 6.61 Å². The van der Waals surface area contributed by atoms with E-state index in [0.29, 0.717) is 11.4 Å². The molecule has 35 heavy (non-hydrogen) atoms. The average molecular weight is 531 g/mol. The van der Waals surface area contributed by atoms with Crippen LogP contribution in [0.5, 0.6) is 5.75 Å². The quantitative estimate of drug-likeness (QED) is 0.438. The number of nitrogens with one attached hydrogen (secondary N) is 1. The zero-order valence-corrected chi connectivity index (χ0v) is 20.4. The van der Waals surface area contributed by atoms with Gasteiger partial charge in [-0.25, -0.2) is 12.8 Å². The number of amides is 1. The van der Waals surface area contributed by atoms with Crippen molar-refractivity contribution in [3.63, 3.8) is 0 Å². The normalized spacial score (nSPS) is 12.6. The van der Waals surface area contributed by atoms with Crippen molar-refractivity contribution in [1.29, 1.82) is 0 Å². The SMILES string of the molecule is Cc1c(C(=O)Nc2ccc(S(C)(=O)=O)c(Cl)c2)cc(CC(C)O)n1-c1ccc(F)cc1OC(F)F. The maximum atomic E-state index is 13.7. The number of hydrogen-bond acceptors (Lipinski definition) is 5. The van der Waals surface area contributed by atoms with Crippen LogP contribution in [0.4, 0.5) is 18.9 Å². The highest BCUT2D eigenvalue weighted by molar-refractivity contribution is 7.90. The monoisotopic (exact) mass is 530 g/mol. The molecule has 1 aromatic heterocycles. The van der Waals surface area contributed by atoms with Crippen LogP contribution in [0.15, 0.2) is 47.4 Å². The van der Waals surface area contributed by atoms with Gasteiger partial charge in [-0.2, -0.15) is 8.78 Å². The first kappa shape index (κ1) is 26.6. The van der Waals surface area contributed by atoms with E-state index in [0.717, 1.165) is 18.4 Å². The predicted octanol–water partition coefficient (Wildman–Crippen LogP) is 4.76. The lowest BCUT2D eigenvalue weighted by Gasteiger charge is -2.17. The zero-order valence-electron chi connectivity index (χ0n) is 18.9. The molecule has 7 nitrogen and oxygen atoms in total. The number of aliphatic hydroxyl groups excluding tert-OH is 1. The second-order valence-corrected chi connectivity index (χ2v) is 10.3. The molecule has 3 aromatic rings. The predicted molar refractivity (Wildman–Crippen MR) is 125 cm³/mol. The minimum Gasteiger partial charge on any atom is -0.432 e. The van der Waals surface area contributed by atoms with Gasteiger partial charge in [-0.05, 0) is 50.2 Å². The number of carbonyl (C=O) groups excluding carboxylic acids is 1. The van der Waals surface area contributed by atoms with Crippen molar-refractivity contribution in [3.8, 4) is 11.4 Å². The third-order valence-corrected chi connectivity index (χ3v) is 6.62. The summed E-state index contributed by atoms with van der Waals surface area (Å²) in [6.45, 7) is -0.150. The van der Waals surface area contributed by atoms with E-state index >= 15 is 0 Å². The van der Waals surface area contributed by atoms with Crippen molar-refractivity contribution >= 4 is 33.0 Å². The number of nitrogens with zero attached hydrogens (tertiary/aromatic N) is 1. The number of ether oxygens (including phenoxy) is 1. The number of carbonyl (C=O) groups is 1. The second kappa shape index (κ2) is 10.3. The molecule has 1 amide bonds. The second-order valence-electron chi connectivity index (χ2n) is 7.89. The molecule has 3 rings (SSSR count). The highest BCUT2D eigenvalue weighted by atomic mass is 35.5. The Balaban J connectivity index is 2.06. The number of anilines is 1. The Morgan fingerprint density at radius 1 is 1.20 bits per heavy atom. The minimum absolute atomic E-state index is 0.0501. The topological polar surface area (TPSA) is 97.6 Å². The van der Waals surface area contributed by atoms with Gasteiger partial charge in [0.05, 0.1) is 27.3 Å². The standard InChI is InChI=1S/C23H22ClF3N2O5S/c1-12(30)8-16-11-17(22(31)28-15-5-7-21(18(24)10-15)35(3,32)33)13(2)29(16)19-6-4-14(25)9-20(19)34-23(26)27/h4-7,9-12,23,30H,8H2,1-3H3,(H,28,31). The molecular weight excluding hydrogens is 509 g/mol. The summed E-state index contributed by atoms with van der Waals surface area (Å²) in [6.07, 6.45) is 0.208. The van der Waals surface area contributed by atoms with Crippen molar-refractivity contribution in [2.45, 2.75) is 37.9 Å². The van der Waals surface area contributed by atoms with Gasteiger partial charge in [-0.15, -0.1) is 0 Å². The number of sulfone groups is 1. The molecule has 0 bridgehead atoms. The van der Waals surface area contributed by atoms with E-state index in [-0.39, 0.29) is 33.3 Å². The van der Waals surface area contributed by atoms with Gasteiger partial charge in [0.15, 0.2) is 15.6 Å². The molecule has 1 unspecified atom stereocenters. The van der Waals surface area contributed by atoms with E-state index in [4.69, 9.17) is 11.6 Å². The van der Waals surface area contributed by atoms with Gasteiger partial charge in [0, 0.05) is 35.8 Å². The van der Waals surface area contributed by atoms with Crippen molar-refractivity contribution in [1.82, 2.24) is 4.57 Å². The largest absolute Gasteiger partial charge is 0.432 e. The van der Waals surface area contributed by atoms with E-state index in [1.165, 1.54) is 41.8 Å². The maximum Gasteiger partial charge on any atom is 0.387 e. The lowest BCUT2D eigenvalue weighted by Crippen LogP contribution is -2.14. The Labute approximate surface area is 205 Å². The molecule has 0 spiro atoms. The Kier molecular flexibility index (Phi) is 7.83. The van der Waals surface area contributed by atoms with E-state index in [1.807, 2.05) is 0 Å². The van der Waals surface area contributed by atoms with E-state index in [2.05, 4.69) is 10.1 Å². The molecular formula is C23H22ClF3N2O5S. The van der Waals surface area contributed by atoms with Crippen molar-refractivity contribution in [2.75, 3.05) is 11.6 Å². The summed E-state index contributed by atoms with van der Waals surface area (Å²) < 4.78 is 69.1. The minimum atomic E-state index is -3.56. The average Bonchev–Trinajstić information content (AvgIpc) is 3.02. The Morgan fingerprint density at radius 3 is 2.46 bits per heavy atom. The molecule has 12 heteroatoms. The fourth-order valence-corrected chi connectivity index (χ4v) is 4.96. The number of alkyl halides is 2. The zero-order chi connectivity index (χ0) is 26.1. The van der Waals surface area contributed by atoms with Crippen LogP contribution in [0, 0.1) is 12.7 Å². The Hall–Kier alpha value is -3.02. The number of rotatable bonds is 8. The van der Waals surface area contributed by atoms with Gasteiger partial charge in [-0.3, -0.25) is 4.79 Å². The first-order valence-corrected chi connectivity index (χ1v) is 12.5. The van der Waals surface area contributed by atoms with Crippen molar-refractivity contribution in [2.24, 2.45) is 0 Å². The van der Waals surface area contributed by atoms with Gasteiger partial charge in [0.1, 0.15) is 5.82 Å². The van der Waals surface area contributed by atoms with Crippen LogP contribution in [-0.4, -0.2) is 43.0 Å². The molecule has 0 fully saturated rings. The summed E-state index contributed by atoms with van der Waals surface area (Å²) in [5.41, 5.74) is 1.11. The summed E-state index contributed by atoms with van der Waals surface area (Å²) in [4.78, 5) is 13.0. The molecule has 1 heterocycles. The van der Waals surface area contributed by atoms with Crippen LogP contribution in [0.25, 0.3) is 5.69 Å². The lowest BCUT2D eigenvalue weighted by atomic mass is 10.2. The van der Waals surface area contributed by atoms with Gasteiger partial charge in [-0.1, -0.05) is 11.6 Å². The van der Waals surface area contributed by atoms with Crippen molar-refractivity contribution in [3.05, 3.63) is 70.3 Å². The van der Waals surface area contributed by atoms with Crippen LogP contribution >= 0.6 is 11.6 Å². The summed E-state index contributed by atoms with van der Waals surface area (Å²) >= 11 is 6.04. The fourth-order valence-electron chi connectivity index (χ4n) is 3.63. The molecule has 0 saturated heterocycles. The number of aromatic nitrogens is 1. The Morgan fingerprint density at radius 2 is 1.89 bits per heavy atom. The number of aliphatic hydroxyl groups is 1. The molecule has 2 N–H and O–H groups in total. The van der Waals surface area contributed by atoms with E-state index < -0.39 is 40.0 Å². The maximum absolute atomic E-state index is 13.7. The smallest absolute Gasteiger partial charge is 0.387 e. The van der Waals surface area contributed by atoms with Crippen LogP contribution in [0.2, 0.25) is 5.02 Å². The van der Waals surface area contributed by atoms with Crippen LogP contribution in [0.3, 0.4) is 0 Å². The van der Waals surface area contributed by atoms with Gasteiger partial charge in [0.2, 0.25) is 0 Å². The van der Waals surface area contributed by atoms with Crippen LogP contribution in [-0.2, 0) is 16.3 Å². The third-order valence-electron chi connectivity index (χ3n) is 5.04. The molecule has 2 aromatic carbocycles. The van der Waals surface area contributed by atoms with Gasteiger partial charge < -0.3 is 19.7 Å². The summed E-state index contributed by atoms with van der Waals surface area (Å²) in [5.74, 6) is -1.84.